The summed E-state index contributed by atoms with van der Waals surface area (Å²) in [5, 5.41) is 3.34. The third-order valence-electron chi connectivity index (χ3n) is 3.83. The van der Waals surface area contributed by atoms with Gasteiger partial charge in [-0.3, -0.25) is 0 Å². The average molecular weight is 303 g/mol. The molecule has 0 radical (unpaired) electrons. The van der Waals surface area contributed by atoms with Crippen molar-refractivity contribution in [2.24, 2.45) is 5.73 Å². The van der Waals surface area contributed by atoms with Crippen molar-refractivity contribution in [2.45, 2.75) is 38.1 Å². The van der Waals surface area contributed by atoms with Gasteiger partial charge >= 0.3 is 0 Å². The highest BCUT2D eigenvalue weighted by Gasteiger charge is 2.29. The highest BCUT2D eigenvalue weighted by Crippen LogP contribution is 2.35. The predicted octanol–water partition coefficient (Wildman–Crippen LogP) is 2.29. The maximum absolute atomic E-state index is 5.84. The lowest BCUT2D eigenvalue weighted by atomic mass is 9.78. The van der Waals surface area contributed by atoms with Crippen molar-refractivity contribution >= 4 is 23.1 Å². The third-order valence-corrected chi connectivity index (χ3v) is 4.89. The van der Waals surface area contributed by atoms with Crippen LogP contribution in [-0.4, -0.2) is 22.6 Å². The fourth-order valence-corrected chi connectivity index (χ4v) is 3.51. The second-order valence-corrected chi connectivity index (χ2v) is 7.03. The standard InChI is InChI=1S/C15H21N5S/c1-9-2-3-12(21-9)4-5-18-14-8-13(19-15(17)20-14)10-6-11(16)7-10/h2-3,8,10-11H,4-7,16H2,1H3,(H3,17,18,19,20). The number of nitrogens with zero attached hydrogens (tertiary/aromatic N) is 2. The van der Waals surface area contributed by atoms with Gasteiger partial charge in [-0.05, 0) is 38.3 Å². The first kappa shape index (κ1) is 14.3. The number of hydrogen-bond acceptors (Lipinski definition) is 6. The summed E-state index contributed by atoms with van der Waals surface area (Å²) in [6.45, 7) is 2.97. The van der Waals surface area contributed by atoms with E-state index in [4.69, 9.17) is 11.5 Å². The summed E-state index contributed by atoms with van der Waals surface area (Å²) < 4.78 is 0. The summed E-state index contributed by atoms with van der Waals surface area (Å²) in [7, 11) is 0. The van der Waals surface area contributed by atoms with E-state index >= 15 is 0 Å². The van der Waals surface area contributed by atoms with Crippen molar-refractivity contribution in [1.82, 2.24) is 9.97 Å². The van der Waals surface area contributed by atoms with Gasteiger partial charge in [-0.2, -0.15) is 4.98 Å². The Hall–Kier alpha value is -1.66. The number of rotatable bonds is 5. The molecule has 0 aliphatic heterocycles. The monoisotopic (exact) mass is 303 g/mol. The lowest BCUT2D eigenvalue weighted by molar-refractivity contribution is 0.345. The molecule has 1 aliphatic rings. The van der Waals surface area contributed by atoms with Crippen LogP contribution in [0, 0.1) is 6.92 Å². The summed E-state index contributed by atoms with van der Waals surface area (Å²) in [6.07, 6.45) is 2.97. The van der Waals surface area contributed by atoms with E-state index in [0.717, 1.165) is 37.3 Å². The summed E-state index contributed by atoms with van der Waals surface area (Å²) in [4.78, 5) is 11.3. The molecule has 2 aromatic heterocycles. The van der Waals surface area contributed by atoms with Gasteiger partial charge in [0, 0.05) is 34.3 Å². The van der Waals surface area contributed by atoms with E-state index in [-0.39, 0.29) is 0 Å². The van der Waals surface area contributed by atoms with Crippen LogP contribution >= 0.6 is 11.3 Å². The molecule has 1 saturated carbocycles. The number of nitrogens with one attached hydrogen (secondary N) is 1. The SMILES string of the molecule is Cc1ccc(CCNc2cc(C3CC(N)C3)nc(N)n2)s1. The number of nitrogen functional groups attached to an aromatic ring is 1. The van der Waals surface area contributed by atoms with Crippen molar-refractivity contribution in [2.75, 3.05) is 17.6 Å². The maximum atomic E-state index is 5.84. The van der Waals surface area contributed by atoms with E-state index in [1.54, 1.807) is 0 Å². The van der Waals surface area contributed by atoms with Crippen LogP contribution < -0.4 is 16.8 Å². The third kappa shape index (κ3) is 3.51. The van der Waals surface area contributed by atoms with E-state index in [2.05, 4.69) is 34.3 Å². The molecule has 2 aromatic rings. The Bertz CT molecular complexity index is 618. The quantitative estimate of drug-likeness (QED) is 0.788. The Labute approximate surface area is 128 Å². The van der Waals surface area contributed by atoms with Crippen LogP contribution in [0.5, 0.6) is 0 Å². The molecule has 0 saturated heterocycles. The molecule has 1 fully saturated rings. The zero-order chi connectivity index (χ0) is 14.8. The number of nitrogens with two attached hydrogens (primary N) is 2. The minimum Gasteiger partial charge on any atom is -0.370 e. The molecule has 1 aliphatic carbocycles. The normalized spacial score (nSPS) is 21.0. The fourth-order valence-electron chi connectivity index (χ4n) is 2.62. The molecule has 3 rings (SSSR count). The van der Waals surface area contributed by atoms with Crippen LogP contribution in [0.1, 0.15) is 34.2 Å². The fraction of sp³-hybridized carbons (Fsp3) is 0.467. The lowest BCUT2D eigenvalue weighted by Crippen LogP contribution is -2.35. The molecule has 0 spiro atoms. The largest absolute Gasteiger partial charge is 0.370 e. The van der Waals surface area contributed by atoms with E-state index in [9.17, 15) is 0 Å². The van der Waals surface area contributed by atoms with Crippen LogP contribution in [0.3, 0.4) is 0 Å². The van der Waals surface area contributed by atoms with Gasteiger partial charge in [-0.1, -0.05) is 0 Å². The number of thiophene rings is 1. The summed E-state index contributed by atoms with van der Waals surface area (Å²) in [5.74, 6) is 1.58. The van der Waals surface area contributed by atoms with Crippen LogP contribution in [0.25, 0.3) is 0 Å². The minimum absolute atomic E-state index is 0.310. The van der Waals surface area contributed by atoms with Gasteiger partial charge in [0.05, 0.1) is 5.69 Å². The Kier molecular flexibility index (Phi) is 4.07. The molecule has 112 valence electrons. The van der Waals surface area contributed by atoms with E-state index in [1.165, 1.54) is 9.75 Å². The van der Waals surface area contributed by atoms with Crippen molar-refractivity contribution in [3.8, 4) is 0 Å². The summed E-state index contributed by atoms with van der Waals surface area (Å²) in [6, 6.07) is 6.65. The summed E-state index contributed by atoms with van der Waals surface area (Å²) in [5.41, 5.74) is 12.7. The van der Waals surface area contributed by atoms with Gasteiger partial charge in [0.25, 0.3) is 0 Å². The molecule has 0 unspecified atom stereocenters. The zero-order valence-corrected chi connectivity index (χ0v) is 13.0. The molecule has 6 heteroatoms. The second-order valence-electron chi connectivity index (χ2n) is 5.65. The van der Waals surface area contributed by atoms with E-state index in [1.807, 2.05) is 17.4 Å². The first-order valence-electron chi connectivity index (χ1n) is 7.29. The van der Waals surface area contributed by atoms with Crippen LogP contribution in [-0.2, 0) is 6.42 Å². The van der Waals surface area contributed by atoms with Gasteiger partial charge in [0.2, 0.25) is 5.95 Å². The molecule has 21 heavy (non-hydrogen) atoms. The molecule has 5 nitrogen and oxygen atoms in total. The second kappa shape index (κ2) is 5.99. The molecular formula is C15H21N5S. The highest BCUT2D eigenvalue weighted by atomic mass is 32.1. The zero-order valence-electron chi connectivity index (χ0n) is 12.2. The van der Waals surface area contributed by atoms with Crippen molar-refractivity contribution in [1.29, 1.82) is 0 Å². The molecule has 0 atom stereocenters. The van der Waals surface area contributed by atoms with Gasteiger partial charge in [0.15, 0.2) is 0 Å². The molecule has 0 aromatic carbocycles. The molecule has 5 N–H and O–H groups in total. The van der Waals surface area contributed by atoms with Crippen molar-refractivity contribution in [3.05, 3.63) is 33.6 Å². The van der Waals surface area contributed by atoms with Crippen molar-refractivity contribution in [3.63, 3.8) is 0 Å². The Morgan fingerprint density at radius 3 is 2.81 bits per heavy atom. The number of anilines is 2. The highest BCUT2D eigenvalue weighted by molar-refractivity contribution is 7.11. The van der Waals surface area contributed by atoms with Gasteiger partial charge < -0.3 is 16.8 Å². The Morgan fingerprint density at radius 2 is 2.14 bits per heavy atom. The maximum Gasteiger partial charge on any atom is 0.222 e. The first-order valence-corrected chi connectivity index (χ1v) is 8.11. The van der Waals surface area contributed by atoms with Crippen LogP contribution in [0.4, 0.5) is 11.8 Å². The number of hydrogen-bond donors (Lipinski definition) is 3. The average Bonchev–Trinajstić information content (AvgIpc) is 2.80. The van der Waals surface area contributed by atoms with Crippen LogP contribution in [0.15, 0.2) is 18.2 Å². The minimum atomic E-state index is 0.310. The van der Waals surface area contributed by atoms with E-state index in [0.29, 0.717) is 17.9 Å². The summed E-state index contributed by atoms with van der Waals surface area (Å²) >= 11 is 1.84. The molecule has 2 heterocycles. The van der Waals surface area contributed by atoms with Gasteiger partial charge in [-0.25, -0.2) is 4.98 Å². The smallest absolute Gasteiger partial charge is 0.222 e. The topological polar surface area (TPSA) is 89.8 Å². The number of aryl methyl sites for hydroxylation is 1. The Balaban J connectivity index is 1.59. The number of aromatic nitrogens is 2. The van der Waals surface area contributed by atoms with Gasteiger partial charge in [0.1, 0.15) is 5.82 Å². The molecule has 0 amide bonds. The molecule has 0 bridgehead atoms. The van der Waals surface area contributed by atoms with Crippen molar-refractivity contribution < 1.29 is 0 Å². The predicted molar refractivity (Wildman–Crippen MR) is 87.6 cm³/mol. The molecular weight excluding hydrogens is 282 g/mol. The lowest BCUT2D eigenvalue weighted by Gasteiger charge is -2.32. The van der Waals surface area contributed by atoms with E-state index < -0.39 is 0 Å². The Morgan fingerprint density at radius 1 is 1.33 bits per heavy atom. The van der Waals surface area contributed by atoms with Gasteiger partial charge in [-0.15, -0.1) is 11.3 Å². The van der Waals surface area contributed by atoms with Crippen LogP contribution in [0.2, 0.25) is 0 Å². The first-order chi connectivity index (χ1) is 10.1.